The second kappa shape index (κ2) is 4.35. The lowest BCUT2D eigenvalue weighted by molar-refractivity contribution is 0.105. The van der Waals surface area contributed by atoms with Crippen molar-refractivity contribution in [1.82, 2.24) is 21.3 Å². The van der Waals surface area contributed by atoms with Gasteiger partial charge in [-0.3, -0.25) is 16.1 Å². The minimum Gasteiger partial charge on any atom is -0.298 e. The summed E-state index contributed by atoms with van der Waals surface area (Å²) in [6.45, 7) is 0. The SMILES string of the molecule is NNC1(c2ccccc2C=O)NNC(=S)N1N. The van der Waals surface area contributed by atoms with Gasteiger partial charge in [-0.1, -0.05) is 24.3 Å². The molecule has 1 unspecified atom stereocenters. The lowest BCUT2D eigenvalue weighted by Crippen LogP contribution is -2.65. The van der Waals surface area contributed by atoms with Gasteiger partial charge in [0, 0.05) is 11.1 Å². The number of hydrogen-bond acceptors (Lipinski definition) is 6. The van der Waals surface area contributed by atoms with Gasteiger partial charge in [0.25, 0.3) is 0 Å². The van der Waals surface area contributed by atoms with Gasteiger partial charge in [0.15, 0.2) is 6.29 Å². The Morgan fingerprint density at radius 3 is 2.71 bits per heavy atom. The van der Waals surface area contributed by atoms with Gasteiger partial charge in [0.1, 0.15) is 0 Å². The molecule has 0 saturated carbocycles. The number of aldehydes is 1. The van der Waals surface area contributed by atoms with E-state index in [0.717, 1.165) is 6.29 Å². The van der Waals surface area contributed by atoms with E-state index < -0.39 is 5.79 Å². The first-order valence-electron chi connectivity index (χ1n) is 4.80. The third-order valence-corrected chi connectivity index (χ3v) is 2.92. The molecular weight excluding hydrogens is 240 g/mol. The quantitative estimate of drug-likeness (QED) is 0.194. The summed E-state index contributed by atoms with van der Waals surface area (Å²) in [5.74, 6) is 10.2. The average molecular weight is 252 g/mol. The number of carbonyl (C=O) groups is 1. The van der Waals surface area contributed by atoms with Crippen molar-refractivity contribution in [3.05, 3.63) is 35.4 Å². The van der Waals surface area contributed by atoms with Gasteiger partial charge in [0.2, 0.25) is 10.9 Å². The van der Waals surface area contributed by atoms with Crippen LogP contribution in [0, 0.1) is 0 Å². The summed E-state index contributed by atoms with van der Waals surface area (Å²) in [5, 5.41) is 1.48. The molecular formula is C9H12N6OS. The Balaban J connectivity index is 2.56. The van der Waals surface area contributed by atoms with Crippen molar-refractivity contribution in [1.29, 1.82) is 0 Å². The zero-order chi connectivity index (χ0) is 12.5. The molecule has 1 saturated heterocycles. The molecule has 1 aromatic carbocycles. The van der Waals surface area contributed by atoms with Crippen LogP contribution >= 0.6 is 12.2 Å². The molecule has 0 spiro atoms. The maximum Gasteiger partial charge on any atom is 0.218 e. The van der Waals surface area contributed by atoms with Crippen LogP contribution in [0.4, 0.5) is 0 Å². The number of thiocarbonyl (C=S) groups is 1. The molecule has 0 aliphatic carbocycles. The summed E-state index contributed by atoms with van der Waals surface area (Å²) < 4.78 is 0. The van der Waals surface area contributed by atoms with Crippen LogP contribution in [0.5, 0.6) is 0 Å². The predicted molar refractivity (Wildman–Crippen MR) is 65.7 cm³/mol. The van der Waals surface area contributed by atoms with E-state index >= 15 is 0 Å². The van der Waals surface area contributed by atoms with Gasteiger partial charge >= 0.3 is 0 Å². The first-order chi connectivity index (χ1) is 8.15. The number of benzene rings is 1. The van der Waals surface area contributed by atoms with Crippen molar-refractivity contribution in [3.8, 4) is 0 Å². The second-order valence-corrected chi connectivity index (χ2v) is 3.87. The van der Waals surface area contributed by atoms with Crippen molar-refractivity contribution in [3.63, 3.8) is 0 Å². The molecule has 0 amide bonds. The van der Waals surface area contributed by atoms with Crippen LogP contribution in [-0.4, -0.2) is 16.4 Å². The van der Waals surface area contributed by atoms with E-state index in [2.05, 4.69) is 16.3 Å². The highest BCUT2D eigenvalue weighted by atomic mass is 32.1. The molecule has 17 heavy (non-hydrogen) atoms. The van der Waals surface area contributed by atoms with Crippen LogP contribution in [0.1, 0.15) is 15.9 Å². The van der Waals surface area contributed by atoms with Gasteiger partial charge in [-0.25, -0.2) is 16.3 Å². The highest BCUT2D eigenvalue weighted by Gasteiger charge is 2.44. The van der Waals surface area contributed by atoms with E-state index in [1.54, 1.807) is 24.3 Å². The van der Waals surface area contributed by atoms with E-state index in [9.17, 15) is 4.79 Å². The summed E-state index contributed by atoms with van der Waals surface area (Å²) in [6, 6.07) is 6.92. The molecule has 0 aromatic heterocycles. The van der Waals surface area contributed by atoms with Gasteiger partial charge in [-0.2, -0.15) is 5.43 Å². The first kappa shape index (κ1) is 11.9. The molecule has 1 fully saturated rings. The molecule has 1 aliphatic rings. The number of hydrazine groups is 3. The molecule has 0 bridgehead atoms. The summed E-state index contributed by atoms with van der Waals surface area (Å²) in [7, 11) is 0. The van der Waals surface area contributed by atoms with Crippen molar-refractivity contribution in [2.24, 2.45) is 11.7 Å². The Bertz CT molecular complexity index is 467. The van der Waals surface area contributed by atoms with Crippen molar-refractivity contribution in [2.45, 2.75) is 5.79 Å². The van der Waals surface area contributed by atoms with Crippen LogP contribution in [0.3, 0.4) is 0 Å². The van der Waals surface area contributed by atoms with Gasteiger partial charge < -0.3 is 0 Å². The topological polar surface area (TPSA) is 108 Å². The van der Waals surface area contributed by atoms with E-state index in [0.29, 0.717) is 11.1 Å². The monoisotopic (exact) mass is 252 g/mol. The molecule has 1 aromatic rings. The highest BCUT2D eigenvalue weighted by Crippen LogP contribution is 2.24. The number of nitrogens with zero attached hydrogens (tertiary/aromatic N) is 1. The smallest absolute Gasteiger partial charge is 0.218 e. The zero-order valence-electron chi connectivity index (χ0n) is 8.81. The van der Waals surface area contributed by atoms with Crippen LogP contribution in [0.15, 0.2) is 24.3 Å². The lowest BCUT2D eigenvalue weighted by Gasteiger charge is -2.34. The summed E-state index contributed by atoms with van der Waals surface area (Å²) in [6.07, 6.45) is 0.727. The third-order valence-electron chi connectivity index (χ3n) is 2.62. The Kier molecular flexibility index (Phi) is 3.05. The molecule has 2 rings (SSSR count). The number of hydrogen-bond donors (Lipinski definition) is 5. The standard InChI is InChI=1S/C9H12N6OS/c10-13-9(14-12-8(17)15(9)11)7-4-2-1-3-6(7)5-16/h1-5,13-14H,10-11H2,(H,12,17). The molecule has 7 nitrogen and oxygen atoms in total. The first-order valence-corrected chi connectivity index (χ1v) is 5.21. The number of rotatable bonds is 3. The summed E-state index contributed by atoms with van der Waals surface area (Å²) in [4.78, 5) is 11.0. The Morgan fingerprint density at radius 1 is 1.47 bits per heavy atom. The Morgan fingerprint density at radius 2 is 2.18 bits per heavy atom. The van der Waals surface area contributed by atoms with Crippen molar-refractivity contribution >= 4 is 23.6 Å². The van der Waals surface area contributed by atoms with Crippen LogP contribution in [0.2, 0.25) is 0 Å². The van der Waals surface area contributed by atoms with Crippen LogP contribution in [0.25, 0.3) is 0 Å². The Hall–Kier alpha value is -1.58. The summed E-state index contributed by atoms with van der Waals surface area (Å²) in [5.41, 5.74) is 9.07. The van der Waals surface area contributed by atoms with Gasteiger partial charge in [-0.15, -0.1) is 0 Å². The van der Waals surface area contributed by atoms with Crippen molar-refractivity contribution in [2.75, 3.05) is 0 Å². The molecule has 1 aliphatic heterocycles. The average Bonchev–Trinajstić information content (AvgIpc) is 2.67. The van der Waals surface area contributed by atoms with Crippen LogP contribution in [-0.2, 0) is 5.79 Å². The molecule has 1 atom stereocenters. The van der Waals surface area contributed by atoms with E-state index in [1.807, 2.05) is 0 Å². The van der Waals surface area contributed by atoms with E-state index in [4.69, 9.17) is 23.9 Å². The zero-order valence-corrected chi connectivity index (χ0v) is 9.62. The van der Waals surface area contributed by atoms with Crippen molar-refractivity contribution < 1.29 is 4.79 Å². The number of carbonyl (C=O) groups excluding carboxylic acids is 1. The molecule has 90 valence electrons. The van der Waals surface area contributed by atoms with Gasteiger partial charge in [0.05, 0.1) is 0 Å². The minimum atomic E-state index is -1.14. The minimum absolute atomic E-state index is 0.267. The molecule has 7 N–H and O–H groups in total. The maximum atomic E-state index is 11.0. The fraction of sp³-hybridized carbons (Fsp3) is 0.111. The fourth-order valence-corrected chi connectivity index (χ4v) is 1.91. The Labute approximate surface area is 103 Å². The van der Waals surface area contributed by atoms with E-state index in [-0.39, 0.29) is 5.11 Å². The molecule has 0 radical (unpaired) electrons. The lowest BCUT2D eigenvalue weighted by atomic mass is 10.0. The number of nitrogens with one attached hydrogen (secondary N) is 3. The second-order valence-electron chi connectivity index (χ2n) is 3.49. The molecule has 1 heterocycles. The largest absolute Gasteiger partial charge is 0.298 e. The van der Waals surface area contributed by atoms with E-state index in [1.165, 1.54) is 5.01 Å². The third kappa shape index (κ3) is 1.68. The highest BCUT2D eigenvalue weighted by molar-refractivity contribution is 7.80. The van der Waals surface area contributed by atoms with Gasteiger partial charge in [-0.05, 0) is 12.2 Å². The fourth-order valence-electron chi connectivity index (χ4n) is 1.73. The summed E-state index contributed by atoms with van der Waals surface area (Å²) >= 11 is 4.98. The molecule has 8 heteroatoms. The van der Waals surface area contributed by atoms with Crippen LogP contribution < -0.4 is 28.0 Å². The maximum absolute atomic E-state index is 11.0. The number of nitrogens with two attached hydrogens (primary N) is 2. The normalized spacial score (nSPS) is 23.6. The predicted octanol–water partition coefficient (Wildman–Crippen LogP) is -1.36.